The second kappa shape index (κ2) is 10.1. The number of benzene rings is 3. The zero-order valence-corrected chi connectivity index (χ0v) is 22.0. The number of anilines is 1. The lowest BCUT2D eigenvalue weighted by molar-refractivity contribution is -0.113. The van der Waals surface area contributed by atoms with Crippen LogP contribution in [0.3, 0.4) is 0 Å². The molecule has 1 aliphatic rings. The molecule has 1 amide bonds. The Morgan fingerprint density at radius 3 is 2.42 bits per heavy atom. The molecule has 4 aromatic rings. The number of hydrogen-bond acceptors (Lipinski definition) is 5. The maximum Gasteiger partial charge on any atom is 0.271 e. The summed E-state index contributed by atoms with van der Waals surface area (Å²) in [6.45, 7) is 1.81. The summed E-state index contributed by atoms with van der Waals surface area (Å²) in [7, 11) is 1.61. The third kappa shape index (κ3) is 4.69. The number of nitrogens with zero attached hydrogens (tertiary/aromatic N) is 2. The van der Waals surface area contributed by atoms with Gasteiger partial charge in [0.2, 0.25) is 0 Å². The molecule has 1 aliphatic heterocycles. The molecule has 6 nitrogen and oxygen atoms in total. The summed E-state index contributed by atoms with van der Waals surface area (Å²) in [6.07, 6.45) is 1.84. The zero-order valence-electron chi connectivity index (χ0n) is 19.6. The number of methoxy groups -OCH3 is 1. The lowest BCUT2D eigenvalue weighted by Crippen LogP contribution is -2.40. The van der Waals surface area contributed by atoms with Crippen molar-refractivity contribution < 1.29 is 9.53 Å². The van der Waals surface area contributed by atoms with Gasteiger partial charge in [0.05, 0.1) is 29.0 Å². The van der Waals surface area contributed by atoms with Gasteiger partial charge in [-0.3, -0.25) is 14.2 Å². The van der Waals surface area contributed by atoms with E-state index in [-0.39, 0.29) is 11.5 Å². The number of nitrogens with one attached hydrogen (secondary N) is 1. The first kappa shape index (κ1) is 24.0. The van der Waals surface area contributed by atoms with Crippen LogP contribution in [-0.4, -0.2) is 17.6 Å². The second-order valence-corrected chi connectivity index (χ2v) is 10.2. The van der Waals surface area contributed by atoms with Crippen LogP contribution in [0.2, 0.25) is 0 Å². The molecule has 2 heterocycles. The smallest absolute Gasteiger partial charge is 0.271 e. The third-order valence-corrected chi connectivity index (χ3v) is 7.41. The Bertz CT molecular complexity index is 1640. The van der Waals surface area contributed by atoms with Crippen LogP contribution in [0, 0.1) is 0 Å². The van der Waals surface area contributed by atoms with Crippen LogP contribution in [0.4, 0.5) is 5.69 Å². The highest BCUT2D eigenvalue weighted by molar-refractivity contribution is 9.10. The third-order valence-electron chi connectivity index (χ3n) is 5.90. The maximum absolute atomic E-state index is 13.7. The molecule has 180 valence electrons. The van der Waals surface area contributed by atoms with Gasteiger partial charge in [-0.25, -0.2) is 4.99 Å². The van der Waals surface area contributed by atoms with E-state index in [0.29, 0.717) is 26.3 Å². The van der Waals surface area contributed by atoms with Gasteiger partial charge in [-0.15, -0.1) is 0 Å². The molecule has 0 bridgehead atoms. The molecule has 0 saturated heterocycles. The number of hydrogen-bond donors (Lipinski definition) is 1. The Balaban J connectivity index is 1.65. The van der Waals surface area contributed by atoms with E-state index in [0.717, 1.165) is 21.3 Å². The van der Waals surface area contributed by atoms with Gasteiger partial charge in [0.15, 0.2) is 4.80 Å². The number of carbonyl (C=O) groups excluding carboxylic acids is 1. The van der Waals surface area contributed by atoms with Gasteiger partial charge in [-0.2, -0.15) is 0 Å². The summed E-state index contributed by atoms with van der Waals surface area (Å²) in [5, 5.41) is 2.96. The van der Waals surface area contributed by atoms with Crippen molar-refractivity contribution in [3.63, 3.8) is 0 Å². The first-order valence-corrected chi connectivity index (χ1v) is 12.8. The van der Waals surface area contributed by atoms with Gasteiger partial charge in [-0.05, 0) is 60.5 Å². The van der Waals surface area contributed by atoms with Crippen molar-refractivity contribution in [1.29, 1.82) is 0 Å². The van der Waals surface area contributed by atoms with E-state index in [1.807, 2.05) is 91.9 Å². The van der Waals surface area contributed by atoms with Crippen molar-refractivity contribution in [2.45, 2.75) is 13.0 Å². The van der Waals surface area contributed by atoms with Crippen LogP contribution in [0.1, 0.15) is 24.1 Å². The molecular weight excluding hydrogens is 538 g/mol. The summed E-state index contributed by atoms with van der Waals surface area (Å²) in [6, 6.07) is 23.8. The average molecular weight is 560 g/mol. The molecule has 1 atom stereocenters. The SMILES string of the molecule is COc1ccc(/C=c2\sc3n(c2=O)C(c2ccc(Br)cc2)C(C(=O)Nc2ccccc2)=C(C)N=3)cc1. The lowest BCUT2D eigenvalue weighted by atomic mass is 9.95. The molecule has 5 rings (SSSR count). The fourth-order valence-electron chi connectivity index (χ4n) is 4.14. The number of thiazole rings is 1. The predicted molar refractivity (Wildman–Crippen MR) is 146 cm³/mol. The van der Waals surface area contributed by atoms with Gasteiger partial charge in [-0.1, -0.05) is 69.7 Å². The Kier molecular flexibility index (Phi) is 6.71. The number of carbonyl (C=O) groups is 1. The fraction of sp³-hybridized carbons (Fsp3) is 0.107. The van der Waals surface area contributed by atoms with Crippen LogP contribution < -0.4 is 24.9 Å². The van der Waals surface area contributed by atoms with Gasteiger partial charge in [0.25, 0.3) is 11.5 Å². The standard InChI is InChI=1S/C28H22BrN3O3S/c1-17-24(26(33)31-21-6-4-3-5-7-21)25(19-10-12-20(29)13-11-19)32-27(34)23(36-28(32)30-17)16-18-8-14-22(35-2)15-9-18/h3-16,25H,1-2H3,(H,31,33)/b23-16-. The van der Waals surface area contributed by atoms with Crippen molar-refractivity contribution in [2.75, 3.05) is 12.4 Å². The van der Waals surface area contributed by atoms with Crippen molar-refractivity contribution in [2.24, 2.45) is 4.99 Å². The number of amides is 1. The van der Waals surface area contributed by atoms with E-state index in [4.69, 9.17) is 4.74 Å². The molecular formula is C28H22BrN3O3S. The molecule has 8 heteroatoms. The monoisotopic (exact) mass is 559 g/mol. The van der Waals surface area contributed by atoms with Crippen LogP contribution >= 0.6 is 27.3 Å². The summed E-state index contributed by atoms with van der Waals surface area (Å²) in [5.41, 5.74) is 3.19. The topological polar surface area (TPSA) is 72.7 Å². The summed E-state index contributed by atoms with van der Waals surface area (Å²) >= 11 is 4.79. The van der Waals surface area contributed by atoms with Gasteiger partial charge in [0.1, 0.15) is 5.75 Å². The van der Waals surface area contributed by atoms with Crippen molar-refractivity contribution in [3.8, 4) is 5.75 Å². The van der Waals surface area contributed by atoms with Crippen LogP contribution in [0.15, 0.2) is 104 Å². The highest BCUT2D eigenvalue weighted by Crippen LogP contribution is 2.31. The first-order chi connectivity index (χ1) is 17.4. The summed E-state index contributed by atoms with van der Waals surface area (Å²) < 4.78 is 8.30. The maximum atomic E-state index is 13.7. The number of halogens is 1. The molecule has 0 radical (unpaired) electrons. The van der Waals surface area contributed by atoms with E-state index in [2.05, 4.69) is 26.2 Å². The minimum absolute atomic E-state index is 0.194. The number of para-hydroxylation sites is 1. The Hall–Kier alpha value is -3.75. The Morgan fingerprint density at radius 1 is 1.06 bits per heavy atom. The molecule has 36 heavy (non-hydrogen) atoms. The van der Waals surface area contributed by atoms with Gasteiger partial charge in [0, 0.05) is 10.2 Å². The molecule has 3 aromatic carbocycles. The molecule has 1 unspecified atom stereocenters. The van der Waals surface area contributed by atoms with E-state index in [9.17, 15) is 9.59 Å². The van der Waals surface area contributed by atoms with Crippen LogP contribution in [0.25, 0.3) is 6.08 Å². The fourth-order valence-corrected chi connectivity index (χ4v) is 5.45. The molecule has 0 saturated carbocycles. The number of rotatable bonds is 5. The highest BCUT2D eigenvalue weighted by Gasteiger charge is 2.32. The zero-order chi connectivity index (χ0) is 25.2. The van der Waals surface area contributed by atoms with Crippen molar-refractivity contribution in [1.82, 2.24) is 4.57 Å². The van der Waals surface area contributed by atoms with Crippen LogP contribution in [-0.2, 0) is 4.79 Å². The lowest BCUT2D eigenvalue weighted by Gasteiger charge is -2.25. The highest BCUT2D eigenvalue weighted by atomic mass is 79.9. The van der Waals surface area contributed by atoms with Gasteiger partial charge >= 0.3 is 0 Å². The minimum atomic E-state index is -0.615. The van der Waals surface area contributed by atoms with E-state index < -0.39 is 6.04 Å². The Morgan fingerprint density at radius 2 is 1.75 bits per heavy atom. The van der Waals surface area contributed by atoms with E-state index in [1.54, 1.807) is 11.7 Å². The van der Waals surface area contributed by atoms with E-state index in [1.165, 1.54) is 11.3 Å². The normalized spacial score (nSPS) is 15.3. The average Bonchev–Trinajstić information content (AvgIpc) is 3.19. The van der Waals surface area contributed by atoms with Crippen molar-refractivity contribution >= 4 is 44.9 Å². The number of ether oxygens (including phenoxy) is 1. The number of fused-ring (bicyclic) bond motifs is 1. The quantitative estimate of drug-likeness (QED) is 0.387. The molecule has 1 aromatic heterocycles. The van der Waals surface area contributed by atoms with Crippen LogP contribution in [0.5, 0.6) is 5.75 Å². The van der Waals surface area contributed by atoms with E-state index >= 15 is 0 Å². The second-order valence-electron chi connectivity index (χ2n) is 8.23. The summed E-state index contributed by atoms with van der Waals surface area (Å²) in [4.78, 5) is 32.5. The van der Waals surface area contributed by atoms with Crippen molar-refractivity contribution in [3.05, 3.63) is 125 Å². The number of aromatic nitrogens is 1. The first-order valence-electron chi connectivity index (χ1n) is 11.2. The predicted octanol–water partition coefficient (Wildman–Crippen LogP) is 4.65. The molecule has 0 fully saturated rings. The molecule has 0 spiro atoms. The molecule has 1 N–H and O–H groups in total. The summed E-state index contributed by atoms with van der Waals surface area (Å²) in [5.74, 6) is 0.452. The minimum Gasteiger partial charge on any atom is -0.497 e. The molecule has 0 aliphatic carbocycles. The largest absolute Gasteiger partial charge is 0.497 e. The Labute approximate surface area is 220 Å². The van der Waals surface area contributed by atoms with Gasteiger partial charge < -0.3 is 10.1 Å². The number of allylic oxidation sites excluding steroid dienone is 1.